The van der Waals surface area contributed by atoms with Gasteiger partial charge in [0.1, 0.15) is 5.82 Å². The van der Waals surface area contributed by atoms with Crippen molar-refractivity contribution in [3.05, 3.63) is 59.9 Å². The maximum atomic E-state index is 13.9. The fraction of sp³-hybridized carbons (Fsp3) is 0.222. The summed E-state index contributed by atoms with van der Waals surface area (Å²) in [7, 11) is 0. The highest BCUT2D eigenvalue weighted by atomic mass is 19.1. The molecule has 0 amide bonds. The number of benzene rings is 3. The van der Waals surface area contributed by atoms with Gasteiger partial charge in [0.2, 0.25) is 0 Å². The molecule has 0 aliphatic rings. The van der Waals surface area contributed by atoms with Gasteiger partial charge in [0.25, 0.3) is 0 Å². The molecule has 0 unspecified atom stereocenters. The highest BCUT2D eigenvalue weighted by Gasteiger charge is 2.07. The third-order valence-corrected chi connectivity index (χ3v) is 3.71. The molecular weight excluding hydrogens is 235 g/mol. The molecule has 0 saturated heterocycles. The Balaban J connectivity index is 2.31. The quantitative estimate of drug-likeness (QED) is 0.542. The van der Waals surface area contributed by atoms with E-state index in [0.717, 1.165) is 35.6 Å². The van der Waals surface area contributed by atoms with Crippen LogP contribution in [-0.4, -0.2) is 0 Å². The summed E-state index contributed by atoms with van der Waals surface area (Å²) < 4.78 is 13.9. The SMILES string of the molecule is CCCCc1cc(F)cc2c1ccc1ccccc12. The van der Waals surface area contributed by atoms with Crippen molar-refractivity contribution in [1.29, 1.82) is 0 Å². The van der Waals surface area contributed by atoms with Crippen molar-refractivity contribution in [1.82, 2.24) is 0 Å². The van der Waals surface area contributed by atoms with E-state index in [1.54, 1.807) is 12.1 Å². The van der Waals surface area contributed by atoms with Gasteiger partial charge in [-0.2, -0.15) is 0 Å². The first kappa shape index (κ1) is 12.2. The van der Waals surface area contributed by atoms with E-state index in [9.17, 15) is 4.39 Å². The van der Waals surface area contributed by atoms with E-state index >= 15 is 0 Å². The number of halogens is 1. The average Bonchev–Trinajstić information content (AvgIpc) is 2.44. The summed E-state index contributed by atoms with van der Waals surface area (Å²) in [6, 6.07) is 15.8. The van der Waals surface area contributed by atoms with Gasteiger partial charge < -0.3 is 0 Å². The second-order valence-corrected chi connectivity index (χ2v) is 5.05. The van der Waals surface area contributed by atoms with E-state index in [1.165, 1.54) is 10.8 Å². The maximum Gasteiger partial charge on any atom is 0.124 e. The van der Waals surface area contributed by atoms with Crippen LogP contribution in [0.15, 0.2) is 48.5 Å². The molecule has 0 bridgehead atoms. The normalized spacial score (nSPS) is 11.3. The zero-order chi connectivity index (χ0) is 13.2. The van der Waals surface area contributed by atoms with Crippen LogP contribution in [0.4, 0.5) is 4.39 Å². The molecule has 0 radical (unpaired) electrons. The molecule has 0 fully saturated rings. The lowest BCUT2D eigenvalue weighted by atomic mass is 9.96. The summed E-state index contributed by atoms with van der Waals surface area (Å²) in [5.41, 5.74) is 1.13. The van der Waals surface area contributed by atoms with E-state index < -0.39 is 0 Å². The van der Waals surface area contributed by atoms with E-state index in [2.05, 4.69) is 31.2 Å². The third-order valence-electron chi connectivity index (χ3n) is 3.71. The number of rotatable bonds is 3. The van der Waals surface area contributed by atoms with Crippen molar-refractivity contribution in [3.8, 4) is 0 Å². The predicted molar refractivity (Wildman–Crippen MR) is 80.0 cm³/mol. The summed E-state index contributed by atoms with van der Waals surface area (Å²) in [5, 5.41) is 4.53. The molecule has 96 valence electrons. The number of aryl methyl sites for hydroxylation is 1. The standard InChI is InChI=1S/C18H17F/c1-2-3-6-14-11-15(19)12-18-16-8-5-4-7-13(16)9-10-17(14)18/h4-5,7-12H,2-3,6H2,1H3. The van der Waals surface area contributed by atoms with Crippen molar-refractivity contribution in [2.45, 2.75) is 26.2 Å². The summed E-state index contributed by atoms with van der Waals surface area (Å²) >= 11 is 0. The van der Waals surface area contributed by atoms with Crippen molar-refractivity contribution in [2.24, 2.45) is 0 Å². The Morgan fingerprint density at radius 2 is 1.74 bits per heavy atom. The largest absolute Gasteiger partial charge is 0.207 e. The van der Waals surface area contributed by atoms with Gasteiger partial charge in [0, 0.05) is 0 Å². The molecule has 0 N–H and O–H groups in total. The van der Waals surface area contributed by atoms with Gasteiger partial charge in [0.15, 0.2) is 0 Å². The Hall–Kier alpha value is -1.89. The molecule has 0 heterocycles. The van der Waals surface area contributed by atoms with Gasteiger partial charge in [0.05, 0.1) is 0 Å². The van der Waals surface area contributed by atoms with Crippen LogP contribution in [0.3, 0.4) is 0 Å². The van der Waals surface area contributed by atoms with Crippen LogP contribution in [-0.2, 0) is 6.42 Å². The lowest BCUT2D eigenvalue weighted by Gasteiger charge is -2.09. The van der Waals surface area contributed by atoms with E-state index in [1.807, 2.05) is 12.1 Å². The number of hydrogen-bond donors (Lipinski definition) is 0. The monoisotopic (exact) mass is 252 g/mol. The van der Waals surface area contributed by atoms with Crippen LogP contribution in [0, 0.1) is 5.82 Å². The number of hydrogen-bond acceptors (Lipinski definition) is 0. The molecule has 0 saturated carbocycles. The Bertz CT molecular complexity index is 728. The van der Waals surface area contributed by atoms with Gasteiger partial charge in [-0.05, 0) is 52.1 Å². The molecule has 0 aliphatic carbocycles. The van der Waals surface area contributed by atoms with E-state index in [4.69, 9.17) is 0 Å². The maximum absolute atomic E-state index is 13.9. The molecule has 3 aromatic rings. The summed E-state index contributed by atoms with van der Waals surface area (Å²) in [4.78, 5) is 0. The first-order valence-electron chi connectivity index (χ1n) is 6.89. The molecule has 0 spiro atoms. The van der Waals surface area contributed by atoms with Crippen molar-refractivity contribution in [3.63, 3.8) is 0 Å². The van der Waals surface area contributed by atoms with Crippen molar-refractivity contribution >= 4 is 21.5 Å². The molecule has 3 rings (SSSR count). The third kappa shape index (κ3) is 2.21. The molecule has 0 aliphatic heterocycles. The summed E-state index contributed by atoms with van der Waals surface area (Å²) in [5.74, 6) is -0.130. The zero-order valence-electron chi connectivity index (χ0n) is 11.1. The minimum atomic E-state index is -0.130. The van der Waals surface area contributed by atoms with Gasteiger partial charge in [-0.25, -0.2) is 4.39 Å². The van der Waals surface area contributed by atoms with E-state index in [0.29, 0.717) is 0 Å². The minimum Gasteiger partial charge on any atom is -0.207 e. The van der Waals surface area contributed by atoms with Gasteiger partial charge in [-0.15, -0.1) is 0 Å². The summed E-state index contributed by atoms with van der Waals surface area (Å²) in [6.07, 6.45) is 3.18. The Kier molecular flexibility index (Phi) is 3.20. The van der Waals surface area contributed by atoms with Crippen LogP contribution in [0.1, 0.15) is 25.3 Å². The molecule has 0 aromatic heterocycles. The first-order chi connectivity index (χ1) is 9.29. The topological polar surface area (TPSA) is 0 Å². The van der Waals surface area contributed by atoms with Crippen LogP contribution >= 0.6 is 0 Å². The second-order valence-electron chi connectivity index (χ2n) is 5.05. The highest BCUT2D eigenvalue weighted by molar-refractivity contribution is 6.08. The van der Waals surface area contributed by atoms with Gasteiger partial charge in [-0.3, -0.25) is 0 Å². The molecular formula is C18H17F. The van der Waals surface area contributed by atoms with E-state index in [-0.39, 0.29) is 5.82 Å². The fourth-order valence-electron chi connectivity index (χ4n) is 2.73. The Morgan fingerprint density at radius 1 is 0.895 bits per heavy atom. The second kappa shape index (κ2) is 5.00. The van der Waals surface area contributed by atoms with Crippen LogP contribution in [0.2, 0.25) is 0 Å². The Labute approximate surface area is 112 Å². The average molecular weight is 252 g/mol. The zero-order valence-corrected chi connectivity index (χ0v) is 11.1. The smallest absolute Gasteiger partial charge is 0.124 e. The molecule has 1 heteroatoms. The Morgan fingerprint density at radius 3 is 2.58 bits per heavy atom. The lowest BCUT2D eigenvalue weighted by Crippen LogP contribution is -1.90. The van der Waals surface area contributed by atoms with Gasteiger partial charge in [-0.1, -0.05) is 49.7 Å². The molecule has 0 nitrogen and oxygen atoms in total. The van der Waals surface area contributed by atoms with Gasteiger partial charge >= 0.3 is 0 Å². The molecule has 3 aromatic carbocycles. The van der Waals surface area contributed by atoms with Crippen LogP contribution < -0.4 is 0 Å². The number of unbranched alkanes of at least 4 members (excludes halogenated alkanes) is 1. The number of fused-ring (bicyclic) bond motifs is 3. The van der Waals surface area contributed by atoms with Crippen molar-refractivity contribution < 1.29 is 4.39 Å². The fourth-order valence-corrected chi connectivity index (χ4v) is 2.73. The first-order valence-corrected chi connectivity index (χ1v) is 6.89. The predicted octanol–water partition coefficient (Wildman–Crippen LogP) is 5.47. The highest BCUT2D eigenvalue weighted by Crippen LogP contribution is 2.29. The van der Waals surface area contributed by atoms with Crippen molar-refractivity contribution in [2.75, 3.05) is 0 Å². The molecule has 0 atom stereocenters. The minimum absolute atomic E-state index is 0.130. The molecule has 19 heavy (non-hydrogen) atoms. The lowest BCUT2D eigenvalue weighted by molar-refractivity contribution is 0.626. The van der Waals surface area contributed by atoms with Crippen LogP contribution in [0.25, 0.3) is 21.5 Å². The summed E-state index contributed by atoms with van der Waals surface area (Å²) in [6.45, 7) is 2.16. The van der Waals surface area contributed by atoms with Crippen LogP contribution in [0.5, 0.6) is 0 Å².